The van der Waals surface area contributed by atoms with E-state index in [1.54, 1.807) is 12.1 Å². The summed E-state index contributed by atoms with van der Waals surface area (Å²) >= 11 is 9.33. The van der Waals surface area contributed by atoms with E-state index in [2.05, 4.69) is 41.2 Å². The molecule has 5 heteroatoms. The van der Waals surface area contributed by atoms with Crippen LogP contribution in [0, 0.1) is 11.8 Å². The largest absolute Gasteiger partial charge is 0.480 e. The molecule has 0 saturated carbocycles. The molecule has 1 aromatic rings. The second-order valence-electron chi connectivity index (χ2n) is 5.78. The fourth-order valence-electron chi connectivity index (χ4n) is 3.00. The number of hydrogen-bond acceptors (Lipinski definition) is 2. The van der Waals surface area contributed by atoms with Crippen molar-refractivity contribution >= 4 is 39.2 Å². The Hall–Kier alpha value is -1.00. The van der Waals surface area contributed by atoms with E-state index in [0.29, 0.717) is 10.9 Å². The van der Waals surface area contributed by atoms with Crippen LogP contribution in [-0.4, -0.2) is 17.1 Å². The highest BCUT2D eigenvalue weighted by molar-refractivity contribution is 9.10. The fraction of sp³-hybridized carbons (Fsp3) is 0.438. The molecule has 0 saturated heterocycles. The third kappa shape index (κ3) is 4.24. The molecule has 21 heavy (non-hydrogen) atoms. The zero-order valence-electron chi connectivity index (χ0n) is 12.1. The minimum absolute atomic E-state index is 0.0944. The van der Waals surface area contributed by atoms with Crippen LogP contribution in [0.5, 0.6) is 0 Å². The number of carboxylic acid groups (broad SMARTS) is 1. The number of allylic oxidation sites excluding steroid dienone is 2. The topological polar surface area (TPSA) is 49.3 Å². The number of carboxylic acids is 1. The van der Waals surface area contributed by atoms with Crippen LogP contribution in [0.15, 0.2) is 34.3 Å². The van der Waals surface area contributed by atoms with Gasteiger partial charge in [-0.2, -0.15) is 0 Å². The number of benzene rings is 1. The molecule has 0 radical (unpaired) electrons. The monoisotopic (exact) mass is 371 g/mol. The summed E-state index contributed by atoms with van der Waals surface area (Å²) in [6.07, 6.45) is 3.94. The van der Waals surface area contributed by atoms with Crippen LogP contribution >= 0.6 is 27.5 Å². The Bertz CT molecular complexity index is 573. The van der Waals surface area contributed by atoms with Crippen LogP contribution in [-0.2, 0) is 4.79 Å². The van der Waals surface area contributed by atoms with Crippen LogP contribution in [0.4, 0.5) is 5.69 Å². The van der Waals surface area contributed by atoms with Crippen LogP contribution in [0.1, 0.15) is 26.7 Å². The third-order valence-electron chi connectivity index (χ3n) is 3.81. The van der Waals surface area contributed by atoms with Gasteiger partial charge in [0, 0.05) is 10.2 Å². The molecule has 1 aromatic carbocycles. The first-order valence-electron chi connectivity index (χ1n) is 6.98. The van der Waals surface area contributed by atoms with Gasteiger partial charge in [-0.3, -0.25) is 0 Å². The lowest BCUT2D eigenvalue weighted by Crippen LogP contribution is -2.38. The summed E-state index contributed by atoms with van der Waals surface area (Å²) in [5, 5.41) is 13.3. The number of hydrogen-bond donors (Lipinski definition) is 2. The number of halogens is 2. The lowest BCUT2D eigenvalue weighted by atomic mass is 9.79. The number of rotatable bonds is 4. The van der Waals surface area contributed by atoms with E-state index in [1.165, 1.54) is 5.57 Å². The van der Waals surface area contributed by atoms with E-state index >= 15 is 0 Å². The SMILES string of the molecule is CC1=CC(C)CC(C(Nc2ccc(Cl)c(Br)c2)C(=O)O)C1. The molecular weight excluding hydrogens is 354 g/mol. The van der Waals surface area contributed by atoms with Crippen molar-refractivity contribution in [3.05, 3.63) is 39.3 Å². The Labute approximate surface area is 138 Å². The highest BCUT2D eigenvalue weighted by Crippen LogP contribution is 2.32. The van der Waals surface area contributed by atoms with Crippen LogP contribution < -0.4 is 5.32 Å². The summed E-state index contributed by atoms with van der Waals surface area (Å²) in [5.41, 5.74) is 2.03. The maximum atomic E-state index is 11.6. The quantitative estimate of drug-likeness (QED) is 0.734. The number of carbonyl (C=O) groups is 1. The molecule has 3 unspecified atom stereocenters. The molecule has 1 aliphatic rings. The molecule has 0 spiro atoms. The fourth-order valence-corrected chi connectivity index (χ4v) is 3.49. The first kappa shape index (κ1) is 16.4. The Balaban J connectivity index is 2.18. The Morgan fingerprint density at radius 3 is 2.81 bits per heavy atom. The van der Waals surface area contributed by atoms with E-state index in [-0.39, 0.29) is 5.92 Å². The summed E-state index contributed by atoms with van der Waals surface area (Å²) in [6.45, 7) is 4.20. The second-order valence-corrected chi connectivity index (χ2v) is 7.04. The highest BCUT2D eigenvalue weighted by Gasteiger charge is 2.31. The Morgan fingerprint density at radius 1 is 1.52 bits per heavy atom. The van der Waals surface area contributed by atoms with Gasteiger partial charge in [0.25, 0.3) is 0 Å². The van der Waals surface area contributed by atoms with Gasteiger partial charge in [0.05, 0.1) is 5.02 Å². The van der Waals surface area contributed by atoms with Gasteiger partial charge >= 0.3 is 5.97 Å². The standard InChI is InChI=1S/C16H19BrClNO2/c1-9-5-10(2)7-11(6-9)15(16(20)21)19-12-3-4-14(18)13(17)8-12/h3-5,8-9,11,15,19H,6-7H2,1-2H3,(H,20,21). The average molecular weight is 373 g/mol. The van der Waals surface area contributed by atoms with E-state index in [0.717, 1.165) is 23.0 Å². The molecule has 2 rings (SSSR count). The van der Waals surface area contributed by atoms with Crippen LogP contribution in [0.25, 0.3) is 0 Å². The van der Waals surface area contributed by atoms with Crippen molar-refractivity contribution < 1.29 is 9.90 Å². The van der Waals surface area contributed by atoms with Crippen molar-refractivity contribution in [1.29, 1.82) is 0 Å². The lowest BCUT2D eigenvalue weighted by Gasteiger charge is -2.31. The zero-order valence-corrected chi connectivity index (χ0v) is 14.4. The van der Waals surface area contributed by atoms with Crippen LogP contribution in [0.2, 0.25) is 5.02 Å². The number of aliphatic carboxylic acids is 1. The minimum Gasteiger partial charge on any atom is -0.480 e. The molecule has 1 aliphatic carbocycles. The van der Waals surface area contributed by atoms with E-state index in [4.69, 9.17) is 11.6 Å². The summed E-state index contributed by atoms with van der Waals surface area (Å²) in [7, 11) is 0. The first-order valence-corrected chi connectivity index (χ1v) is 8.15. The van der Waals surface area contributed by atoms with Gasteiger partial charge in [-0.25, -0.2) is 4.79 Å². The predicted octanol–water partition coefficient (Wildman–Crippen LogP) is 4.96. The van der Waals surface area contributed by atoms with Gasteiger partial charge in [-0.1, -0.05) is 30.2 Å². The Kier molecular flexibility index (Phi) is 5.33. The average Bonchev–Trinajstić information content (AvgIpc) is 2.38. The molecule has 0 aliphatic heterocycles. The van der Waals surface area contributed by atoms with Crippen molar-refractivity contribution in [2.24, 2.45) is 11.8 Å². The maximum absolute atomic E-state index is 11.6. The second kappa shape index (κ2) is 6.84. The summed E-state index contributed by atoms with van der Waals surface area (Å²) in [6, 6.07) is 4.77. The van der Waals surface area contributed by atoms with Crippen molar-refractivity contribution in [2.45, 2.75) is 32.7 Å². The number of nitrogens with one attached hydrogen (secondary N) is 1. The van der Waals surface area contributed by atoms with Crippen molar-refractivity contribution in [2.75, 3.05) is 5.32 Å². The summed E-state index contributed by atoms with van der Waals surface area (Å²) < 4.78 is 0.756. The van der Waals surface area contributed by atoms with Crippen LogP contribution in [0.3, 0.4) is 0 Å². The van der Waals surface area contributed by atoms with E-state index in [1.807, 2.05) is 6.07 Å². The minimum atomic E-state index is -0.812. The van der Waals surface area contributed by atoms with Gasteiger partial charge in [-0.15, -0.1) is 0 Å². The molecule has 0 aromatic heterocycles. The molecule has 0 amide bonds. The van der Waals surface area contributed by atoms with Crippen molar-refractivity contribution in [3.8, 4) is 0 Å². The summed E-state index contributed by atoms with van der Waals surface area (Å²) in [4.78, 5) is 11.6. The molecule has 2 N–H and O–H groups in total. The summed E-state index contributed by atoms with van der Waals surface area (Å²) in [5.74, 6) is -0.297. The van der Waals surface area contributed by atoms with Crippen molar-refractivity contribution in [1.82, 2.24) is 0 Å². The van der Waals surface area contributed by atoms with E-state index < -0.39 is 12.0 Å². The van der Waals surface area contributed by atoms with Gasteiger partial charge < -0.3 is 10.4 Å². The Morgan fingerprint density at radius 2 is 2.24 bits per heavy atom. The molecule has 0 heterocycles. The maximum Gasteiger partial charge on any atom is 0.326 e. The van der Waals surface area contributed by atoms with Gasteiger partial charge in [-0.05, 0) is 65.7 Å². The zero-order chi connectivity index (χ0) is 15.6. The lowest BCUT2D eigenvalue weighted by molar-refractivity contribution is -0.139. The molecular formula is C16H19BrClNO2. The first-order chi connectivity index (χ1) is 9.86. The highest BCUT2D eigenvalue weighted by atomic mass is 79.9. The molecule has 0 fully saturated rings. The van der Waals surface area contributed by atoms with Gasteiger partial charge in [0.15, 0.2) is 0 Å². The third-order valence-corrected chi connectivity index (χ3v) is 5.02. The van der Waals surface area contributed by atoms with Gasteiger partial charge in [0.1, 0.15) is 6.04 Å². The normalized spacial score (nSPS) is 23.3. The predicted molar refractivity (Wildman–Crippen MR) is 89.8 cm³/mol. The molecule has 0 bridgehead atoms. The number of anilines is 1. The van der Waals surface area contributed by atoms with Gasteiger partial charge in [0.2, 0.25) is 0 Å². The molecule has 3 nitrogen and oxygen atoms in total. The molecule has 114 valence electrons. The van der Waals surface area contributed by atoms with Crippen molar-refractivity contribution in [3.63, 3.8) is 0 Å². The molecule has 3 atom stereocenters. The van der Waals surface area contributed by atoms with E-state index in [9.17, 15) is 9.90 Å². The smallest absolute Gasteiger partial charge is 0.326 e.